The number of hydrogen-bond donors (Lipinski definition) is 3. The summed E-state index contributed by atoms with van der Waals surface area (Å²) in [5.74, 6) is -0.376. The minimum atomic E-state index is -0.731. The molecule has 1 aliphatic heterocycles. The molecule has 2 aromatic heterocycles. The molecule has 2 amide bonds. The number of benzene rings is 1. The van der Waals surface area contributed by atoms with E-state index >= 15 is 0 Å². The number of hydrogen-bond acceptors (Lipinski definition) is 5. The van der Waals surface area contributed by atoms with Gasteiger partial charge in [0.05, 0.1) is 24.1 Å². The van der Waals surface area contributed by atoms with Gasteiger partial charge in [-0.2, -0.15) is 0 Å². The van der Waals surface area contributed by atoms with Crippen LogP contribution in [-0.2, 0) is 22.4 Å². The quantitative estimate of drug-likeness (QED) is 0.405. The fourth-order valence-electron chi connectivity index (χ4n) is 4.16. The third kappa shape index (κ3) is 7.93. The lowest BCUT2D eigenvalue weighted by Gasteiger charge is -2.28. The van der Waals surface area contributed by atoms with Crippen LogP contribution in [0.5, 0.6) is 0 Å². The lowest BCUT2D eigenvalue weighted by molar-refractivity contribution is -0.139. The molecule has 1 fully saturated rings. The van der Waals surface area contributed by atoms with Crippen LogP contribution >= 0.6 is 37.2 Å². The summed E-state index contributed by atoms with van der Waals surface area (Å²) in [5, 5.41) is 3.16. The number of nitrogens with zero attached hydrogens (tertiary/aromatic N) is 3. The fourth-order valence-corrected chi connectivity index (χ4v) is 4.16. The van der Waals surface area contributed by atoms with Crippen LogP contribution < -0.4 is 11.1 Å². The van der Waals surface area contributed by atoms with Crippen molar-refractivity contribution in [2.75, 3.05) is 6.54 Å². The summed E-state index contributed by atoms with van der Waals surface area (Å²) in [5.41, 5.74) is 8.78. The molecule has 4 rings (SSSR count). The molecule has 35 heavy (non-hydrogen) atoms. The Morgan fingerprint density at radius 2 is 1.77 bits per heavy atom. The van der Waals surface area contributed by atoms with E-state index in [0.29, 0.717) is 25.8 Å². The largest absolute Gasteiger partial charge is 0.351 e. The van der Waals surface area contributed by atoms with E-state index in [-0.39, 0.29) is 55.1 Å². The zero-order valence-corrected chi connectivity index (χ0v) is 21.5. The molecule has 3 unspecified atom stereocenters. The number of carbonyl (C=O) groups excluding carboxylic acids is 2. The number of rotatable bonds is 8. The van der Waals surface area contributed by atoms with Crippen molar-refractivity contribution in [3.63, 3.8) is 0 Å². The Morgan fingerprint density at radius 3 is 2.43 bits per heavy atom. The van der Waals surface area contributed by atoms with E-state index in [1.807, 2.05) is 48.5 Å². The molecule has 8 nitrogen and oxygen atoms in total. The maximum Gasteiger partial charge on any atom is 0.243 e. The van der Waals surface area contributed by atoms with Crippen molar-refractivity contribution in [3.8, 4) is 0 Å². The second-order valence-corrected chi connectivity index (χ2v) is 8.06. The average molecular weight is 542 g/mol. The molecule has 3 heterocycles. The number of aromatic nitrogens is 3. The highest BCUT2D eigenvalue weighted by Crippen LogP contribution is 2.22. The first-order valence-corrected chi connectivity index (χ1v) is 10.9. The van der Waals surface area contributed by atoms with Gasteiger partial charge < -0.3 is 20.9 Å². The highest BCUT2D eigenvalue weighted by Gasteiger charge is 2.37. The van der Waals surface area contributed by atoms with Crippen LogP contribution in [0.2, 0.25) is 0 Å². The second kappa shape index (κ2) is 14.7. The van der Waals surface area contributed by atoms with Crippen molar-refractivity contribution in [1.82, 2.24) is 25.2 Å². The summed E-state index contributed by atoms with van der Waals surface area (Å²) in [6.45, 7) is 0.529. The summed E-state index contributed by atoms with van der Waals surface area (Å²) < 4.78 is 0. The highest BCUT2D eigenvalue weighted by atomic mass is 35.5. The summed E-state index contributed by atoms with van der Waals surface area (Å²) in [6, 6.07) is 14.1. The number of nitrogens with one attached hydrogen (secondary N) is 2. The van der Waals surface area contributed by atoms with E-state index in [4.69, 9.17) is 5.73 Å². The van der Waals surface area contributed by atoms with Crippen LogP contribution in [0.1, 0.15) is 35.8 Å². The molecule has 0 aliphatic carbocycles. The zero-order chi connectivity index (χ0) is 22.3. The van der Waals surface area contributed by atoms with E-state index in [2.05, 4.69) is 20.3 Å². The van der Waals surface area contributed by atoms with Gasteiger partial charge in [-0.05, 0) is 30.5 Å². The maximum absolute atomic E-state index is 13.3. The lowest BCUT2D eigenvalue weighted by Crippen LogP contribution is -2.52. The Bertz CT molecular complexity index is 1020. The third-order valence-corrected chi connectivity index (χ3v) is 5.80. The molecule has 0 saturated carbocycles. The molecule has 1 aromatic carbocycles. The van der Waals surface area contributed by atoms with E-state index < -0.39 is 12.1 Å². The molecule has 4 N–H and O–H groups in total. The van der Waals surface area contributed by atoms with Gasteiger partial charge in [-0.1, -0.05) is 36.4 Å². The molecule has 1 aliphatic rings. The number of H-pyrrole nitrogens is 1. The van der Waals surface area contributed by atoms with E-state index in [9.17, 15) is 9.59 Å². The molecule has 3 aromatic rings. The van der Waals surface area contributed by atoms with Crippen molar-refractivity contribution < 1.29 is 9.59 Å². The predicted octanol–water partition coefficient (Wildman–Crippen LogP) is 3.03. The van der Waals surface area contributed by atoms with Gasteiger partial charge in [-0.15, -0.1) is 37.2 Å². The monoisotopic (exact) mass is 540 g/mol. The number of aromatic amines is 1. The number of carbonyl (C=O) groups is 2. The molecule has 0 radical (unpaired) electrons. The SMILES string of the molecule is Cl.Cl.Cl.NC(Cc1c[nH]cn1)C(=O)N1CCCC1C(=O)NC(Cc1ccccn1)c1ccccc1. The standard InChI is InChI=1S/C24H28N6O2.3ClH/c25-20(13-19-15-26-16-28-19)24(32)30-12-6-10-22(30)23(31)29-21(17-7-2-1-3-8-17)14-18-9-4-5-11-27-18;;;/h1-5,7-9,11,15-16,20-22H,6,10,12-14,25H2,(H,26,28)(H,29,31);3*1H. The van der Waals surface area contributed by atoms with Crippen LogP contribution in [0, 0.1) is 0 Å². The third-order valence-electron chi connectivity index (χ3n) is 5.80. The number of nitrogens with two attached hydrogens (primary N) is 1. The van der Waals surface area contributed by atoms with Gasteiger partial charge in [-0.25, -0.2) is 4.98 Å². The Morgan fingerprint density at radius 1 is 1.03 bits per heavy atom. The number of pyridine rings is 1. The van der Waals surface area contributed by atoms with Crippen LogP contribution in [0.4, 0.5) is 0 Å². The topological polar surface area (TPSA) is 117 Å². The maximum atomic E-state index is 13.3. The molecule has 1 saturated heterocycles. The van der Waals surface area contributed by atoms with Gasteiger partial charge in [0.1, 0.15) is 6.04 Å². The van der Waals surface area contributed by atoms with Crippen molar-refractivity contribution in [3.05, 3.63) is 84.2 Å². The Labute approximate surface area is 223 Å². The number of imidazole rings is 1. The van der Waals surface area contributed by atoms with Gasteiger partial charge in [0, 0.05) is 37.5 Å². The van der Waals surface area contributed by atoms with Crippen LogP contribution in [0.15, 0.2) is 67.3 Å². The second-order valence-electron chi connectivity index (χ2n) is 8.06. The lowest BCUT2D eigenvalue weighted by atomic mass is 10.0. The van der Waals surface area contributed by atoms with Crippen LogP contribution in [-0.4, -0.2) is 50.3 Å². The predicted molar refractivity (Wildman–Crippen MR) is 142 cm³/mol. The first kappa shape index (κ1) is 30.4. The Kier molecular flexibility index (Phi) is 12.7. The summed E-state index contributed by atoms with van der Waals surface area (Å²) >= 11 is 0. The van der Waals surface area contributed by atoms with E-state index in [1.54, 1.807) is 23.6 Å². The van der Waals surface area contributed by atoms with Gasteiger partial charge in [0.15, 0.2) is 0 Å². The number of amides is 2. The van der Waals surface area contributed by atoms with Crippen LogP contribution in [0.25, 0.3) is 0 Å². The number of halogens is 3. The normalized spacial score (nSPS) is 16.1. The molecule has 0 spiro atoms. The van der Waals surface area contributed by atoms with Crippen molar-refractivity contribution >= 4 is 49.0 Å². The zero-order valence-electron chi connectivity index (χ0n) is 19.1. The smallest absolute Gasteiger partial charge is 0.243 e. The summed E-state index contributed by atoms with van der Waals surface area (Å²) in [6.07, 6.45) is 7.33. The fraction of sp³-hybridized carbons (Fsp3) is 0.333. The first-order chi connectivity index (χ1) is 15.6. The molecule has 0 bridgehead atoms. The molecule has 190 valence electrons. The van der Waals surface area contributed by atoms with Crippen molar-refractivity contribution in [2.24, 2.45) is 5.73 Å². The van der Waals surface area contributed by atoms with Gasteiger partial charge in [0.2, 0.25) is 11.8 Å². The molecule has 3 atom stereocenters. The molecular formula is C24H31Cl3N6O2. The first-order valence-electron chi connectivity index (χ1n) is 10.9. The van der Waals surface area contributed by atoms with Gasteiger partial charge in [0.25, 0.3) is 0 Å². The minimum Gasteiger partial charge on any atom is -0.351 e. The van der Waals surface area contributed by atoms with E-state index in [1.165, 1.54) is 0 Å². The van der Waals surface area contributed by atoms with E-state index in [0.717, 1.165) is 23.4 Å². The van der Waals surface area contributed by atoms with Gasteiger partial charge in [-0.3, -0.25) is 14.6 Å². The van der Waals surface area contributed by atoms with Crippen molar-refractivity contribution in [1.29, 1.82) is 0 Å². The number of likely N-dealkylation sites (tertiary alicyclic amines) is 1. The highest BCUT2D eigenvalue weighted by molar-refractivity contribution is 5.90. The van der Waals surface area contributed by atoms with Crippen LogP contribution in [0.3, 0.4) is 0 Å². The van der Waals surface area contributed by atoms with Crippen molar-refractivity contribution in [2.45, 2.75) is 43.8 Å². The molecular weight excluding hydrogens is 511 g/mol. The summed E-state index contributed by atoms with van der Waals surface area (Å²) in [4.78, 5) is 39.3. The minimum absolute atomic E-state index is 0. The van der Waals surface area contributed by atoms with Gasteiger partial charge >= 0.3 is 0 Å². The average Bonchev–Trinajstić information content (AvgIpc) is 3.51. The Balaban J connectivity index is 0.00000204. The summed E-state index contributed by atoms with van der Waals surface area (Å²) in [7, 11) is 0. The Hall–Kier alpha value is -2.65. The molecule has 11 heteroatoms.